The van der Waals surface area contributed by atoms with Crippen molar-refractivity contribution in [3.63, 3.8) is 0 Å². The van der Waals surface area contributed by atoms with Gasteiger partial charge in [0.15, 0.2) is 18.5 Å². The molecule has 0 aromatic heterocycles. The molecule has 120 valence electrons. The molecule has 1 aliphatic heterocycles. The van der Waals surface area contributed by atoms with Crippen molar-refractivity contribution in [3.05, 3.63) is 0 Å². The van der Waals surface area contributed by atoms with Crippen molar-refractivity contribution in [1.82, 2.24) is 0 Å². The van der Waals surface area contributed by atoms with Gasteiger partial charge in [0.2, 0.25) is 0 Å². The summed E-state index contributed by atoms with van der Waals surface area (Å²) in [5.74, 6) is -1.89. The Morgan fingerprint density at radius 1 is 1.05 bits per heavy atom. The quantitative estimate of drug-likeness (QED) is 0.468. The smallest absolute Gasteiger partial charge is 0.303 e. The Labute approximate surface area is 121 Å². The van der Waals surface area contributed by atoms with Crippen LogP contribution in [0.3, 0.4) is 0 Å². The van der Waals surface area contributed by atoms with Crippen LogP contribution in [0.25, 0.3) is 0 Å². The van der Waals surface area contributed by atoms with Crippen LogP contribution < -0.4 is 5.73 Å². The summed E-state index contributed by atoms with van der Waals surface area (Å²) in [5, 5.41) is 9.73. The summed E-state index contributed by atoms with van der Waals surface area (Å²) in [6.45, 7) is 3.22. The fourth-order valence-electron chi connectivity index (χ4n) is 1.95. The highest BCUT2D eigenvalue weighted by atomic mass is 16.7. The number of esters is 3. The Bertz CT molecular complexity index is 412. The van der Waals surface area contributed by atoms with Crippen LogP contribution in [0.15, 0.2) is 0 Å². The minimum Gasteiger partial charge on any atom is -0.463 e. The molecular formula is C12H19NO8. The molecule has 0 unspecified atom stereocenters. The molecular weight excluding hydrogens is 286 g/mol. The maximum Gasteiger partial charge on any atom is 0.303 e. The van der Waals surface area contributed by atoms with Crippen LogP contribution in [0.4, 0.5) is 0 Å². The molecule has 0 spiro atoms. The van der Waals surface area contributed by atoms with E-state index in [2.05, 4.69) is 0 Å². The highest BCUT2D eigenvalue weighted by molar-refractivity contribution is 5.67. The van der Waals surface area contributed by atoms with E-state index < -0.39 is 48.6 Å². The maximum absolute atomic E-state index is 11.2. The summed E-state index contributed by atoms with van der Waals surface area (Å²) in [6.07, 6.45) is -4.67. The fraction of sp³-hybridized carbons (Fsp3) is 0.750. The number of nitrogens with two attached hydrogens (primary N) is 1. The van der Waals surface area contributed by atoms with Gasteiger partial charge in [-0.2, -0.15) is 0 Å². The molecule has 3 N–H and O–H groups in total. The van der Waals surface area contributed by atoms with Crippen molar-refractivity contribution >= 4 is 17.9 Å². The Balaban J connectivity index is 2.94. The maximum atomic E-state index is 11.2. The Kier molecular flexibility index (Phi) is 6.06. The SMILES string of the molecule is CC(=O)OC[C@@H]1O[C@H](O)[C@@H](N)[C@@H](OC(C)=O)[C@@H]1OC(C)=O. The molecule has 1 aliphatic rings. The largest absolute Gasteiger partial charge is 0.463 e. The van der Waals surface area contributed by atoms with Gasteiger partial charge in [0.05, 0.1) is 6.04 Å². The first kappa shape index (κ1) is 17.3. The van der Waals surface area contributed by atoms with E-state index in [1.165, 1.54) is 6.92 Å². The van der Waals surface area contributed by atoms with Gasteiger partial charge < -0.3 is 29.8 Å². The lowest BCUT2D eigenvalue weighted by atomic mass is 9.97. The van der Waals surface area contributed by atoms with Gasteiger partial charge in [-0.1, -0.05) is 0 Å². The van der Waals surface area contributed by atoms with Crippen molar-refractivity contribution < 1.29 is 38.4 Å². The average Bonchev–Trinajstić information content (AvgIpc) is 2.35. The second-order valence-corrected chi connectivity index (χ2v) is 4.59. The first-order valence-corrected chi connectivity index (χ1v) is 6.29. The van der Waals surface area contributed by atoms with Gasteiger partial charge in [0.25, 0.3) is 0 Å². The van der Waals surface area contributed by atoms with Crippen molar-refractivity contribution in [2.45, 2.75) is 51.4 Å². The second-order valence-electron chi connectivity index (χ2n) is 4.59. The summed E-state index contributed by atoms with van der Waals surface area (Å²) < 4.78 is 20.0. The van der Waals surface area contributed by atoms with Gasteiger partial charge in [0.1, 0.15) is 12.7 Å². The molecule has 0 amide bonds. The van der Waals surface area contributed by atoms with Crippen molar-refractivity contribution in [3.8, 4) is 0 Å². The normalized spacial score (nSPS) is 32.1. The third-order valence-corrected chi connectivity index (χ3v) is 2.77. The highest BCUT2D eigenvalue weighted by Gasteiger charge is 2.48. The molecule has 0 aromatic rings. The van der Waals surface area contributed by atoms with Crippen molar-refractivity contribution in [2.75, 3.05) is 6.61 Å². The lowest BCUT2D eigenvalue weighted by Crippen LogP contribution is -2.64. The average molecular weight is 305 g/mol. The lowest BCUT2D eigenvalue weighted by molar-refractivity contribution is -0.260. The lowest BCUT2D eigenvalue weighted by Gasteiger charge is -2.41. The second kappa shape index (κ2) is 7.34. The Morgan fingerprint density at radius 3 is 2.05 bits per heavy atom. The van der Waals surface area contributed by atoms with Gasteiger partial charge in [-0.25, -0.2) is 0 Å². The van der Waals surface area contributed by atoms with Crippen LogP contribution in [0.1, 0.15) is 20.8 Å². The Hall–Kier alpha value is -1.71. The standard InChI is InChI=1S/C12H19NO8/c1-5(14)18-4-8-10(19-6(2)15)11(20-7(3)16)9(13)12(17)21-8/h8-12,17H,4,13H2,1-3H3/t8-,9-,10+,11+,12-/m0/s1. The van der Waals surface area contributed by atoms with Crippen molar-refractivity contribution in [1.29, 1.82) is 0 Å². The number of aliphatic hydroxyl groups is 1. The molecule has 0 aliphatic carbocycles. The van der Waals surface area contributed by atoms with Crippen LogP contribution in [0, 0.1) is 0 Å². The molecule has 0 saturated carbocycles. The molecule has 0 bridgehead atoms. The molecule has 1 rings (SSSR count). The van der Waals surface area contributed by atoms with Crippen LogP contribution in [-0.4, -0.2) is 60.3 Å². The number of aliphatic hydroxyl groups excluding tert-OH is 1. The van der Waals surface area contributed by atoms with Gasteiger partial charge >= 0.3 is 17.9 Å². The number of hydrogen-bond donors (Lipinski definition) is 2. The molecule has 5 atom stereocenters. The number of carbonyl (C=O) groups excluding carboxylic acids is 3. The molecule has 9 heteroatoms. The predicted molar refractivity (Wildman–Crippen MR) is 66.6 cm³/mol. The molecule has 9 nitrogen and oxygen atoms in total. The first-order valence-electron chi connectivity index (χ1n) is 6.29. The summed E-state index contributed by atoms with van der Waals surface area (Å²) in [4.78, 5) is 33.2. The third kappa shape index (κ3) is 4.96. The number of ether oxygens (including phenoxy) is 4. The summed E-state index contributed by atoms with van der Waals surface area (Å²) in [5.41, 5.74) is 5.70. The molecule has 1 saturated heterocycles. The third-order valence-electron chi connectivity index (χ3n) is 2.77. The zero-order valence-corrected chi connectivity index (χ0v) is 12.0. The fourth-order valence-corrected chi connectivity index (χ4v) is 1.95. The molecule has 0 aromatic carbocycles. The van der Waals surface area contributed by atoms with Gasteiger partial charge in [-0.3, -0.25) is 14.4 Å². The van der Waals surface area contributed by atoms with E-state index in [1.54, 1.807) is 0 Å². The molecule has 1 heterocycles. The van der Waals surface area contributed by atoms with E-state index in [4.69, 9.17) is 24.7 Å². The zero-order chi connectivity index (χ0) is 16.2. The minimum atomic E-state index is -1.46. The van der Waals surface area contributed by atoms with E-state index >= 15 is 0 Å². The highest BCUT2D eigenvalue weighted by Crippen LogP contribution is 2.24. The van der Waals surface area contributed by atoms with Crippen LogP contribution in [-0.2, 0) is 33.3 Å². The van der Waals surface area contributed by atoms with E-state index in [9.17, 15) is 19.5 Å². The summed E-state index contributed by atoms with van der Waals surface area (Å²) in [7, 11) is 0. The van der Waals surface area contributed by atoms with E-state index in [0.29, 0.717) is 0 Å². The number of hydrogen-bond acceptors (Lipinski definition) is 9. The summed E-state index contributed by atoms with van der Waals surface area (Å²) >= 11 is 0. The topological polar surface area (TPSA) is 134 Å². The van der Waals surface area contributed by atoms with Gasteiger partial charge in [-0.05, 0) is 0 Å². The Morgan fingerprint density at radius 2 is 1.57 bits per heavy atom. The van der Waals surface area contributed by atoms with Gasteiger partial charge in [-0.15, -0.1) is 0 Å². The first-order chi connectivity index (χ1) is 9.72. The predicted octanol–water partition coefficient (Wildman–Crippen LogP) is -1.54. The minimum absolute atomic E-state index is 0.283. The van der Waals surface area contributed by atoms with Crippen LogP contribution in [0.2, 0.25) is 0 Å². The van der Waals surface area contributed by atoms with Crippen LogP contribution >= 0.6 is 0 Å². The van der Waals surface area contributed by atoms with E-state index in [0.717, 1.165) is 13.8 Å². The van der Waals surface area contributed by atoms with E-state index in [-0.39, 0.29) is 6.61 Å². The van der Waals surface area contributed by atoms with Crippen LogP contribution in [0.5, 0.6) is 0 Å². The molecule has 0 radical (unpaired) electrons. The zero-order valence-electron chi connectivity index (χ0n) is 12.0. The number of carbonyl (C=O) groups is 3. The van der Waals surface area contributed by atoms with Crippen molar-refractivity contribution in [2.24, 2.45) is 5.73 Å². The van der Waals surface area contributed by atoms with Gasteiger partial charge in [0, 0.05) is 20.8 Å². The monoisotopic (exact) mass is 305 g/mol. The number of rotatable bonds is 4. The summed E-state index contributed by atoms with van der Waals surface area (Å²) in [6, 6.07) is -1.10. The molecule has 21 heavy (non-hydrogen) atoms. The van der Waals surface area contributed by atoms with E-state index in [1.807, 2.05) is 0 Å². The molecule has 1 fully saturated rings.